The Morgan fingerprint density at radius 2 is 1.89 bits per heavy atom. The van der Waals surface area contributed by atoms with E-state index in [1.54, 1.807) is 30.3 Å². The van der Waals surface area contributed by atoms with Gasteiger partial charge in [0.25, 0.3) is 0 Å². The number of carbonyl (C=O) groups excluding carboxylic acids is 1. The lowest BCUT2D eigenvalue weighted by molar-refractivity contribution is -0.137. The van der Waals surface area contributed by atoms with E-state index in [2.05, 4.69) is 5.32 Å². The van der Waals surface area contributed by atoms with E-state index in [9.17, 15) is 9.59 Å². The van der Waals surface area contributed by atoms with Crippen LogP contribution in [0.5, 0.6) is 0 Å². The van der Waals surface area contributed by atoms with E-state index in [1.807, 2.05) is 6.92 Å². The number of hydrogen-bond donors (Lipinski definition) is 3. The van der Waals surface area contributed by atoms with Crippen LogP contribution in [0, 0.1) is 0 Å². The molecule has 1 aromatic rings. The fourth-order valence-corrected chi connectivity index (χ4v) is 1.79. The predicted molar refractivity (Wildman–Crippen MR) is 71.1 cm³/mol. The molecule has 5 nitrogen and oxygen atoms in total. The number of aliphatic hydroxyl groups is 1. The van der Waals surface area contributed by atoms with Crippen LogP contribution in [0.25, 0.3) is 0 Å². The van der Waals surface area contributed by atoms with Crippen LogP contribution in [0.2, 0.25) is 0 Å². The van der Waals surface area contributed by atoms with Crippen LogP contribution in [-0.2, 0) is 4.79 Å². The van der Waals surface area contributed by atoms with Crippen LogP contribution >= 0.6 is 0 Å². The van der Waals surface area contributed by atoms with Gasteiger partial charge in [0.15, 0.2) is 5.78 Å². The van der Waals surface area contributed by atoms with Crippen LogP contribution in [0.1, 0.15) is 30.1 Å². The summed E-state index contributed by atoms with van der Waals surface area (Å²) in [4.78, 5) is 23.1. The van der Waals surface area contributed by atoms with Gasteiger partial charge >= 0.3 is 5.97 Å². The Labute approximate surface area is 112 Å². The number of Topliss-reactive ketones (excluding diaryl/α,β-unsaturated/α-hetero) is 1. The number of benzene rings is 1. The minimum Gasteiger partial charge on any atom is -0.481 e. The summed E-state index contributed by atoms with van der Waals surface area (Å²) in [6, 6.07) is 7.45. The monoisotopic (exact) mass is 265 g/mol. The number of carboxylic acids is 1. The Kier molecular flexibility index (Phi) is 6.18. The number of ketones is 1. The van der Waals surface area contributed by atoms with Gasteiger partial charge in [0.05, 0.1) is 19.1 Å². The normalized spacial score (nSPS) is 13.8. The molecule has 1 aromatic carbocycles. The molecule has 0 aliphatic heterocycles. The first-order valence-electron chi connectivity index (χ1n) is 6.26. The summed E-state index contributed by atoms with van der Waals surface area (Å²) in [6.45, 7) is 1.73. The summed E-state index contributed by atoms with van der Waals surface area (Å²) in [7, 11) is 0. The Hall–Kier alpha value is -1.72. The van der Waals surface area contributed by atoms with Gasteiger partial charge in [0, 0.05) is 11.6 Å². The maximum absolute atomic E-state index is 12.2. The van der Waals surface area contributed by atoms with E-state index in [0.29, 0.717) is 12.0 Å². The van der Waals surface area contributed by atoms with Crippen LogP contribution in [0.15, 0.2) is 30.3 Å². The van der Waals surface area contributed by atoms with Gasteiger partial charge in [-0.1, -0.05) is 37.3 Å². The zero-order valence-electron chi connectivity index (χ0n) is 10.9. The summed E-state index contributed by atoms with van der Waals surface area (Å²) in [6.07, 6.45) is 0.318. The molecule has 2 atom stereocenters. The number of rotatable bonds is 8. The molecule has 0 amide bonds. The van der Waals surface area contributed by atoms with Gasteiger partial charge in [-0.05, 0) is 6.42 Å². The molecule has 0 spiro atoms. The molecule has 0 bridgehead atoms. The van der Waals surface area contributed by atoms with E-state index < -0.39 is 12.0 Å². The van der Waals surface area contributed by atoms with Gasteiger partial charge in [0.2, 0.25) is 0 Å². The zero-order valence-corrected chi connectivity index (χ0v) is 10.9. The second-order valence-corrected chi connectivity index (χ2v) is 4.34. The fourth-order valence-electron chi connectivity index (χ4n) is 1.79. The average Bonchev–Trinajstić information content (AvgIpc) is 2.43. The van der Waals surface area contributed by atoms with E-state index in [-0.39, 0.29) is 24.9 Å². The molecular weight excluding hydrogens is 246 g/mol. The third-order valence-electron chi connectivity index (χ3n) is 2.90. The third-order valence-corrected chi connectivity index (χ3v) is 2.90. The first-order chi connectivity index (χ1) is 9.08. The standard InChI is InChI=1S/C14H19NO4/c1-2-11(9-16)15-12(8-13(17)18)14(19)10-6-4-3-5-7-10/h3-7,11-12,15-16H,2,8-9H2,1H3,(H,17,18). The van der Waals surface area contributed by atoms with Crippen molar-refractivity contribution in [2.24, 2.45) is 0 Å². The predicted octanol–water partition coefficient (Wildman–Crippen LogP) is 1.07. The lowest BCUT2D eigenvalue weighted by atomic mass is 10.0. The van der Waals surface area contributed by atoms with Crippen molar-refractivity contribution in [3.63, 3.8) is 0 Å². The SMILES string of the molecule is CCC(CO)NC(CC(=O)O)C(=O)c1ccccc1. The topological polar surface area (TPSA) is 86.6 Å². The molecule has 19 heavy (non-hydrogen) atoms. The van der Waals surface area contributed by atoms with Crippen molar-refractivity contribution >= 4 is 11.8 Å². The molecule has 0 radical (unpaired) electrons. The van der Waals surface area contributed by atoms with Crippen LogP contribution in [0.3, 0.4) is 0 Å². The molecule has 0 aliphatic rings. The second-order valence-electron chi connectivity index (χ2n) is 4.34. The van der Waals surface area contributed by atoms with Crippen molar-refractivity contribution in [1.82, 2.24) is 5.32 Å². The third kappa shape index (κ3) is 4.81. The van der Waals surface area contributed by atoms with Gasteiger partial charge < -0.3 is 15.5 Å². The highest BCUT2D eigenvalue weighted by Gasteiger charge is 2.24. The van der Waals surface area contributed by atoms with Gasteiger partial charge in [-0.25, -0.2) is 0 Å². The second kappa shape index (κ2) is 7.66. The average molecular weight is 265 g/mol. The molecule has 1 rings (SSSR count). The summed E-state index contributed by atoms with van der Waals surface area (Å²) in [5.41, 5.74) is 0.467. The minimum absolute atomic E-state index is 0.130. The van der Waals surface area contributed by atoms with E-state index in [0.717, 1.165) is 0 Å². The number of nitrogens with one attached hydrogen (secondary N) is 1. The highest BCUT2D eigenvalue weighted by atomic mass is 16.4. The zero-order chi connectivity index (χ0) is 14.3. The molecule has 2 unspecified atom stereocenters. The fraction of sp³-hybridized carbons (Fsp3) is 0.429. The van der Waals surface area contributed by atoms with E-state index in [4.69, 9.17) is 10.2 Å². The Bertz CT molecular complexity index is 415. The van der Waals surface area contributed by atoms with Crippen LogP contribution < -0.4 is 5.32 Å². The number of carbonyl (C=O) groups is 2. The van der Waals surface area contributed by atoms with Crippen molar-refractivity contribution in [2.75, 3.05) is 6.61 Å². The molecule has 0 saturated heterocycles. The first-order valence-corrected chi connectivity index (χ1v) is 6.26. The number of hydrogen-bond acceptors (Lipinski definition) is 4. The number of carboxylic acid groups (broad SMARTS) is 1. The largest absolute Gasteiger partial charge is 0.481 e. The summed E-state index contributed by atoms with van der Waals surface area (Å²) < 4.78 is 0. The minimum atomic E-state index is -1.05. The smallest absolute Gasteiger partial charge is 0.305 e. The Morgan fingerprint density at radius 3 is 2.37 bits per heavy atom. The van der Waals surface area contributed by atoms with Gasteiger partial charge in [-0.3, -0.25) is 9.59 Å². The van der Waals surface area contributed by atoms with Crippen molar-refractivity contribution in [3.8, 4) is 0 Å². The molecular formula is C14H19NO4. The van der Waals surface area contributed by atoms with Gasteiger partial charge in [-0.2, -0.15) is 0 Å². The lowest BCUT2D eigenvalue weighted by Gasteiger charge is -2.21. The molecule has 0 aromatic heterocycles. The lowest BCUT2D eigenvalue weighted by Crippen LogP contribution is -2.46. The van der Waals surface area contributed by atoms with Crippen LogP contribution in [0.4, 0.5) is 0 Å². The summed E-state index contributed by atoms with van der Waals surface area (Å²) in [5, 5.41) is 20.9. The maximum atomic E-state index is 12.2. The quantitative estimate of drug-likeness (QED) is 0.612. The number of aliphatic hydroxyl groups excluding tert-OH is 1. The van der Waals surface area contributed by atoms with Gasteiger partial charge in [0.1, 0.15) is 0 Å². The molecule has 0 fully saturated rings. The molecule has 5 heteroatoms. The van der Waals surface area contributed by atoms with Crippen molar-refractivity contribution in [3.05, 3.63) is 35.9 Å². The summed E-state index contributed by atoms with van der Waals surface area (Å²) >= 11 is 0. The van der Waals surface area contributed by atoms with Crippen molar-refractivity contribution < 1.29 is 19.8 Å². The van der Waals surface area contributed by atoms with Crippen molar-refractivity contribution in [2.45, 2.75) is 31.8 Å². The highest BCUT2D eigenvalue weighted by Crippen LogP contribution is 2.08. The Morgan fingerprint density at radius 1 is 1.26 bits per heavy atom. The first kappa shape index (κ1) is 15.3. The molecule has 3 N–H and O–H groups in total. The maximum Gasteiger partial charge on any atom is 0.305 e. The Balaban J connectivity index is 2.84. The van der Waals surface area contributed by atoms with E-state index >= 15 is 0 Å². The molecule has 0 saturated carbocycles. The molecule has 104 valence electrons. The van der Waals surface area contributed by atoms with Crippen molar-refractivity contribution in [1.29, 1.82) is 0 Å². The van der Waals surface area contributed by atoms with E-state index in [1.165, 1.54) is 0 Å². The summed E-state index contributed by atoms with van der Waals surface area (Å²) in [5.74, 6) is -1.32. The van der Waals surface area contributed by atoms with Crippen LogP contribution in [-0.4, -0.2) is 40.7 Å². The van der Waals surface area contributed by atoms with Gasteiger partial charge in [-0.15, -0.1) is 0 Å². The number of aliphatic carboxylic acids is 1. The molecule has 0 aliphatic carbocycles. The molecule has 0 heterocycles. The highest BCUT2D eigenvalue weighted by molar-refractivity contribution is 6.01.